The van der Waals surface area contributed by atoms with E-state index in [0.29, 0.717) is 5.56 Å². The number of nitrogens with one attached hydrogen (secondary N) is 2. The smallest absolute Gasteiger partial charge is 0.315 e. The quantitative estimate of drug-likeness (QED) is 0.675. The minimum absolute atomic E-state index is 0.0776. The molecule has 0 heterocycles. The topological polar surface area (TPSA) is 81.6 Å². The summed E-state index contributed by atoms with van der Waals surface area (Å²) in [5, 5.41) is 25.0. The van der Waals surface area contributed by atoms with Crippen LogP contribution < -0.4 is 10.6 Å². The van der Waals surface area contributed by atoms with Gasteiger partial charge < -0.3 is 20.8 Å². The molecule has 5 nitrogen and oxygen atoms in total. The molecule has 1 saturated carbocycles. The molecule has 1 aliphatic rings. The summed E-state index contributed by atoms with van der Waals surface area (Å²) in [6.07, 6.45) is 2.19. The summed E-state index contributed by atoms with van der Waals surface area (Å²) in [5.74, 6) is 0.152. The van der Waals surface area contributed by atoms with Crippen molar-refractivity contribution < 1.29 is 15.0 Å². The van der Waals surface area contributed by atoms with Gasteiger partial charge in [-0.1, -0.05) is 32.9 Å². The maximum Gasteiger partial charge on any atom is 0.315 e. The minimum atomic E-state index is -0.788. The van der Waals surface area contributed by atoms with Gasteiger partial charge in [0.2, 0.25) is 0 Å². The van der Waals surface area contributed by atoms with Gasteiger partial charge in [0.1, 0.15) is 5.75 Å². The van der Waals surface area contributed by atoms with Crippen LogP contribution in [0, 0.1) is 5.41 Å². The number of aliphatic hydroxyl groups excluding tert-OH is 1. The molecule has 1 aromatic rings. The third kappa shape index (κ3) is 4.91. The van der Waals surface area contributed by atoms with Crippen LogP contribution in [0.2, 0.25) is 0 Å². The maximum absolute atomic E-state index is 12.0. The first-order valence-electron chi connectivity index (χ1n) is 7.72. The van der Waals surface area contributed by atoms with E-state index in [2.05, 4.69) is 31.4 Å². The standard InChI is InChI=1S/C17H26N2O3/c1-16(2,3)11-17(8-9-17)19-15(22)18-10-14(21)12-4-6-13(20)7-5-12/h4-7,14,20-21H,8-11H2,1-3H3,(H2,18,19,22). The van der Waals surface area contributed by atoms with Crippen LogP contribution in [0.15, 0.2) is 24.3 Å². The predicted octanol–water partition coefficient (Wildman–Crippen LogP) is 2.69. The van der Waals surface area contributed by atoms with Crippen molar-refractivity contribution in [3.8, 4) is 5.75 Å². The Balaban J connectivity index is 1.79. The molecule has 0 saturated heterocycles. The zero-order chi connectivity index (χ0) is 16.4. The van der Waals surface area contributed by atoms with Crippen molar-refractivity contribution in [2.24, 2.45) is 5.41 Å². The van der Waals surface area contributed by atoms with E-state index in [1.54, 1.807) is 12.1 Å². The molecule has 1 fully saturated rings. The highest BCUT2D eigenvalue weighted by Crippen LogP contribution is 2.44. The number of carbonyl (C=O) groups is 1. The van der Waals surface area contributed by atoms with Crippen LogP contribution in [-0.2, 0) is 0 Å². The van der Waals surface area contributed by atoms with Crippen molar-refractivity contribution >= 4 is 6.03 Å². The Morgan fingerprint density at radius 2 is 1.86 bits per heavy atom. The summed E-state index contributed by atoms with van der Waals surface area (Å²) in [5.41, 5.74) is 0.759. The van der Waals surface area contributed by atoms with Crippen LogP contribution in [0.1, 0.15) is 51.7 Å². The van der Waals surface area contributed by atoms with Gasteiger partial charge in [0.15, 0.2) is 0 Å². The molecular formula is C17H26N2O3. The lowest BCUT2D eigenvalue weighted by molar-refractivity contribution is 0.171. The summed E-state index contributed by atoms with van der Waals surface area (Å²) in [7, 11) is 0. The second-order valence-corrected chi connectivity index (χ2v) is 7.46. The van der Waals surface area contributed by atoms with Gasteiger partial charge in [-0.05, 0) is 42.4 Å². The number of amides is 2. The second kappa shape index (κ2) is 6.16. The third-order valence-corrected chi connectivity index (χ3v) is 3.83. The number of urea groups is 1. The lowest BCUT2D eigenvalue weighted by Gasteiger charge is -2.27. The van der Waals surface area contributed by atoms with Crippen LogP contribution in [0.25, 0.3) is 0 Å². The average molecular weight is 306 g/mol. The van der Waals surface area contributed by atoms with Crippen molar-refractivity contribution in [2.45, 2.75) is 51.7 Å². The SMILES string of the molecule is CC(C)(C)CC1(NC(=O)NCC(O)c2ccc(O)cc2)CC1. The van der Waals surface area contributed by atoms with Crippen LogP contribution >= 0.6 is 0 Å². The highest BCUT2D eigenvalue weighted by atomic mass is 16.3. The van der Waals surface area contributed by atoms with E-state index in [4.69, 9.17) is 0 Å². The van der Waals surface area contributed by atoms with E-state index in [1.165, 1.54) is 12.1 Å². The van der Waals surface area contributed by atoms with Crippen molar-refractivity contribution in [3.63, 3.8) is 0 Å². The molecule has 22 heavy (non-hydrogen) atoms. The van der Waals surface area contributed by atoms with Crippen LogP contribution in [0.5, 0.6) is 5.75 Å². The Morgan fingerprint density at radius 1 is 1.27 bits per heavy atom. The van der Waals surface area contributed by atoms with Gasteiger partial charge in [0.05, 0.1) is 6.10 Å². The van der Waals surface area contributed by atoms with Crippen molar-refractivity contribution in [1.82, 2.24) is 10.6 Å². The molecule has 5 heteroatoms. The average Bonchev–Trinajstić information content (AvgIpc) is 3.13. The molecule has 2 amide bonds. The highest BCUT2D eigenvalue weighted by Gasteiger charge is 2.46. The highest BCUT2D eigenvalue weighted by molar-refractivity contribution is 5.75. The first kappa shape index (κ1) is 16.6. The fraction of sp³-hybridized carbons (Fsp3) is 0.588. The largest absolute Gasteiger partial charge is 0.508 e. The normalized spacial score (nSPS) is 17.6. The molecule has 4 N–H and O–H groups in total. The number of benzene rings is 1. The van der Waals surface area contributed by atoms with Gasteiger partial charge >= 0.3 is 6.03 Å². The zero-order valence-corrected chi connectivity index (χ0v) is 13.5. The van der Waals surface area contributed by atoms with Gasteiger partial charge in [-0.15, -0.1) is 0 Å². The fourth-order valence-electron chi connectivity index (χ4n) is 2.80. The van der Waals surface area contributed by atoms with E-state index in [0.717, 1.165) is 19.3 Å². The molecule has 2 rings (SSSR count). The molecule has 0 aliphatic heterocycles. The van der Waals surface area contributed by atoms with Gasteiger partial charge in [-0.3, -0.25) is 0 Å². The van der Waals surface area contributed by atoms with Crippen molar-refractivity contribution in [3.05, 3.63) is 29.8 Å². The zero-order valence-electron chi connectivity index (χ0n) is 13.5. The Bertz CT molecular complexity index is 516. The number of aliphatic hydroxyl groups is 1. The molecule has 1 unspecified atom stereocenters. The van der Waals surface area contributed by atoms with Gasteiger partial charge in [0, 0.05) is 12.1 Å². The molecular weight excluding hydrogens is 280 g/mol. The summed E-state index contributed by atoms with van der Waals surface area (Å²) < 4.78 is 0. The number of phenolic OH excluding ortho intramolecular Hbond substituents is 1. The summed E-state index contributed by atoms with van der Waals surface area (Å²) in [4.78, 5) is 12.0. The molecule has 0 bridgehead atoms. The Kier molecular flexibility index (Phi) is 4.66. The van der Waals surface area contributed by atoms with E-state index in [-0.39, 0.29) is 29.3 Å². The second-order valence-electron chi connectivity index (χ2n) is 7.46. The number of carbonyl (C=O) groups excluding carboxylic acids is 1. The van der Waals surface area contributed by atoms with Crippen molar-refractivity contribution in [2.75, 3.05) is 6.54 Å². The van der Waals surface area contributed by atoms with E-state index in [1.807, 2.05) is 0 Å². The summed E-state index contributed by atoms with van der Waals surface area (Å²) >= 11 is 0. The number of hydrogen-bond acceptors (Lipinski definition) is 3. The molecule has 0 radical (unpaired) electrons. The summed E-state index contributed by atoms with van der Waals surface area (Å²) in [6, 6.07) is 6.07. The van der Waals surface area contributed by atoms with Crippen LogP contribution in [0.4, 0.5) is 4.79 Å². The molecule has 1 aromatic carbocycles. The maximum atomic E-state index is 12.0. The number of rotatable bonds is 5. The van der Waals surface area contributed by atoms with E-state index < -0.39 is 6.10 Å². The predicted molar refractivity (Wildman–Crippen MR) is 85.6 cm³/mol. The van der Waals surface area contributed by atoms with Gasteiger partial charge in [-0.25, -0.2) is 4.79 Å². The van der Waals surface area contributed by atoms with E-state index in [9.17, 15) is 15.0 Å². The Morgan fingerprint density at radius 3 is 2.36 bits per heavy atom. The lowest BCUT2D eigenvalue weighted by atomic mass is 9.87. The van der Waals surface area contributed by atoms with E-state index >= 15 is 0 Å². The van der Waals surface area contributed by atoms with Gasteiger partial charge in [0.25, 0.3) is 0 Å². The first-order chi connectivity index (χ1) is 10.2. The first-order valence-corrected chi connectivity index (χ1v) is 7.72. The number of hydrogen-bond donors (Lipinski definition) is 4. The molecule has 1 aliphatic carbocycles. The number of phenols is 1. The summed E-state index contributed by atoms with van der Waals surface area (Å²) in [6.45, 7) is 6.64. The van der Waals surface area contributed by atoms with Gasteiger partial charge in [-0.2, -0.15) is 0 Å². The van der Waals surface area contributed by atoms with Crippen LogP contribution in [-0.4, -0.2) is 28.3 Å². The lowest BCUT2D eigenvalue weighted by Crippen LogP contribution is -2.46. The van der Waals surface area contributed by atoms with Crippen molar-refractivity contribution in [1.29, 1.82) is 0 Å². The molecule has 0 spiro atoms. The van der Waals surface area contributed by atoms with Crippen LogP contribution in [0.3, 0.4) is 0 Å². The minimum Gasteiger partial charge on any atom is -0.508 e. The number of aromatic hydroxyl groups is 1. The molecule has 122 valence electrons. The third-order valence-electron chi connectivity index (χ3n) is 3.83. The molecule has 1 atom stereocenters. The molecule has 0 aromatic heterocycles. The Labute approximate surface area is 131 Å². The fourth-order valence-corrected chi connectivity index (χ4v) is 2.80. The Hall–Kier alpha value is -1.75. The monoisotopic (exact) mass is 306 g/mol.